The van der Waals surface area contributed by atoms with E-state index in [0.717, 1.165) is 6.42 Å². The van der Waals surface area contributed by atoms with Crippen molar-refractivity contribution >= 4 is 0 Å². The number of halogens is 3. The van der Waals surface area contributed by atoms with Gasteiger partial charge in [-0.05, 0) is 32.1 Å². The average Bonchev–Trinajstić information content (AvgIpc) is 2.16. The van der Waals surface area contributed by atoms with Gasteiger partial charge in [0.05, 0.1) is 5.92 Å². The molecule has 1 rings (SSSR count). The Bertz CT molecular complexity index is 213. The van der Waals surface area contributed by atoms with Crippen LogP contribution in [-0.4, -0.2) is 18.3 Å². The van der Waals surface area contributed by atoms with Crippen LogP contribution in [0.25, 0.3) is 0 Å². The summed E-state index contributed by atoms with van der Waals surface area (Å²) in [5, 5.41) is 3.32. The van der Waals surface area contributed by atoms with Gasteiger partial charge in [0.2, 0.25) is 0 Å². The molecule has 0 aromatic rings. The van der Waals surface area contributed by atoms with Gasteiger partial charge in [-0.25, -0.2) is 0 Å². The van der Waals surface area contributed by atoms with Crippen molar-refractivity contribution in [1.29, 1.82) is 0 Å². The van der Waals surface area contributed by atoms with Crippen LogP contribution in [0.2, 0.25) is 0 Å². The number of rotatable bonds is 3. The van der Waals surface area contributed by atoms with E-state index in [0.29, 0.717) is 18.8 Å². The first-order valence-corrected chi connectivity index (χ1v) is 6.13. The lowest BCUT2D eigenvalue weighted by molar-refractivity contribution is -0.183. The van der Waals surface area contributed by atoms with Crippen LogP contribution in [0.5, 0.6) is 0 Å². The number of nitrogens with one attached hydrogen (secondary N) is 1. The fraction of sp³-hybridized carbons (Fsp3) is 1.00. The summed E-state index contributed by atoms with van der Waals surface area (Å²) < 4.78 is 37.7. The Hall–Kier alpha value is -0.250. The van der Waals surface area contributed by atoms with Crippen LogP contribution in [0.3, 0.4) is 0 Å². The molecule has 0 saturated heterocycles. The molecule has 0 aromatic carbocycles. The molecule has 1 aliphatic carbocycles. The lowest BCUT2D eigenvalue weighted by Crippen LogP contribution is -2.44. The zero-order valence-electron chi connectivity index (χ0n) is 10.3. The topological polar surface area (TPSA) is 12.0 Å². The van der Waals surface area contributed by atoms with Crippen molar-refractivity contribution in [3.63, 3.8) is 0 Å². The molecular weight excluding hydrogens is 215 g/mol. The molecule has 16 heavy (non-hydrogen) atoms. The molecule has 0 amide bonds. The Kier molecular flexibility index (Phi) is 4.65. The lowest BCUT2D eigenvalue weighted by Gasteiger charge is -2.33. The van der Waals surface area contributed by atoms with Crippen LogP contribution in [-0.2, 0) is 0 Å². The molecule has 0 radical (unpaired) electrons. The molecule has 4 heteroatoms. The van der Waals surface area contributed by atoms with Gasteiger partial charge in [0.15, 0.2) is 0 Å². The molecule has 0 spiro atoms. The van der Waals surface area contributed by atoms with Gasteiger partial charge in [-0.15, -0.1) is 0 Å². The summed E-state index contributed by atoms with van der Waals surface area (Å²) in [5.74, 6) is -0.635. The summed E-state index contributed by atoms with van der Waals surface area (Å²) in [7, 11) is 0. The number of hydrogen-bond acceptors (Lipinski definition) is 1. The SMILES string of the molecule is CC(C)C(C)NC1CCCC(C(F)(F)F)C1. The van der Waals surface area contributed by atoms with E-state index in [1.807, 2.05) is 6.92 Å². The Labute approximate surface area is 95.8 Å². The fourth-order valence-corrected chi connectivity index (χ4v) is 2.20. The highest BCUT2D eigenvalue weighted by atomic mass is 19.4. The highest BCUT2D eigenvalue weighted by molar-refractivity contribution is 4.83. The van der Waals surface area contributed by atoms with Gasteiger partial charge >= 0.3 is 6.18 Å². The summed E-state index contributed by atoms with van der Waals surface area (Å²) in [5.41, 5.74) is 0. The second-order valence-electron chi connectivity index (χ2n) is 5.30. The monoisotopic (exact) mass is 237 g/mol. The van der Waals surface area contributed by atoms with E-state index < -0.39 is 12.1 Å². The zero-order valence-corrected chi connectivity index (χ0v) is 10.3. The molecule has 3 atom stereocenters. The van der Waals surface area contributed by atoms with E-state index in [1.54, 1.807) is 0 Å². The van der Waals surface area contributed by atoms with Gasteiger partial charge < -0.3 is 5.32 Å². The first kappa shape index (κ1) is 13.8. The summed E-state index contributed by atoms with van der Waals surface area (Å²) >= 11 is 0. The molecule has 3 unspecified atom stereocenters. The lowest BCUT2D eigenvalue weighted by atomic mass is 9.84. The Morgan fingerprint density at radius 3 is 2.25 bits per heavy atom. The molecule has 0 heterocycles. The van der Waals surface area contributed by atoms with Gasteiger partial charge in [0, 0.05) is 12.1 Å². The van der Waals surface area contributed by atoms with E-state index in [2.05, 4.69) is 19.2 Å². The molecule has 1 aliphatic rings. The summed E-state index contributed by atoms with van der Waals surface area (Å²) in [6, 6.07) is 0.328. The number of hydrogen-bond donors (Lipinski definition) is 1. The highest BCUT2D eigenvalue weighted by Crippen LogP contribution is 2.37. The summed E-state index contributed by atoms with van der Waals surface area (Å²) in [6.07, 6.45) is -1.89. The molecule has 1 fully saturated rings. The van der Waals surface area contributed by atoms with Crippen molar-refractivity contribution in [3.05, 3.63) is 0 Å². The van der Waals surface area contributed by atoms with E-state index in [4.69, 9.17) is 0 Å². The molecule has 0 aromatic heterocycles. The summed E-state index contributed by atoms with van der Waals surface area (Å²) in [4.78, 5) is 0. The standard InChI is InChI=1S/C12H22F3N/c1-8(2)9(3)16-11-6-4-5-10(7-11)12(13,14)15/h8-11,16H,4-7H2,1-3H3. The molecule has 96 valence electrons. The minimum atomic E-state index is -4.01. The Balaban J connectivity index is 2.45. The summed E-state index contributed by atoms with van der Waals surface area (Å²) in [6.45, 7) is 6.21. The molecule has 1 N–H and O–H groups in total. The van der Waals surface area contributed by atoms with Gasteiger partial charge in [0.25, 0.3) is 0 Å². The van der Waals surface area contributed by atoms with Crippen LogP contribution >= 0.6 is 0 Å². The normalized spacial score (nSPS) is 29.4. The van der Waals surface area contributed by atoms with Crippen LogP contribution in [0.15, 0.2) is 0 Å². The predicted octanol–water partition coefficient (Wildman–Crippen LogP) is 3.74. The largest absolute Gasteiger partial charge is 0.391 e. The molecule has 0 aliphatic heterocycles. The smallest absolute Gasteiger partial charge is 0.311 e. The van der Waals surface area contributed by atoms with Crippen LogP contribution in [0, 0.1) is 11.8 Å². The molecular formula is C12H22F3N. The van der Waals surface area contributed by atoms with Gasteiger partial charge in [-0.2, -0.15) is 13.2 Å². The van der Waals surface area contributed by atoms with E-state index >= 15 is 0 Å². The van der Waals surface area contributed by atoms with Crippen LogP contribution in [0.4, 0.5) is 13.2 Å². The van der Waals surface area contributed by atoms with E-state index in [1.165, 1.54) is 0 Å². The van der Waals surface area contributed by atoms with Gasteiger partial charge in [-0.3, -0.25) is 0 Å². The van der Waals surface area contributed by atoms with E-state index in [-0.39, 0.29) is 18.5 Å². The quantitative estimate of drug-likeness (QED) is 0.788. The third-order valence-corrected chi connectivity index (χ3v) is 3.64. The van der Waals surface area contributed by atoms with E-state index in [9.17, 15) is 13.2 Å². The Morgan fingerprint density at radius 2 is 1.75 bits per heavy atom. The van der Waals surface area contributed by atoms with Crippen molar-refractivity contribution in [2.24, 2.45) is 11.8 Å². The fourth-order valence-electron chi connectivity index (χ4n) is 2.20. The second-order valence-corrected chi connectivity index (χ2v) is 5.30. The minimum Gasteiger partial charge on any atom is -0.311 e. The second kappa shape index (κ2) is 5.39. The maximum Gasteiger partial charge on any atom is 0.391 e. The van der Waals surface area contributed by atoms with Crippen molar-refractivity contribution in [1.82, 2.24) is 5.32 Å². The minimum absolute atomic E-state index is 0.0396. The van der Waals surface area contributed by atoms with Crippen molar-refractivity contribution in [2.75, 3.05) is 0 Å². The van der Waals surface area contributed by atoms with Gasteiger partial charge in [-0.1, -0.05) is 20.3 Å². The average molecular weight is 237 g/mol. The van der Waals surface area contributed by atoms with Gasteiger partial charge in [0.1, 0.15) is 0 Å². The third kappa shape index (κ3) is 3.96. The van der Waals surface area contributed by atoms with Crippen LogP contribution < -0.4 is 5.32 Å². The maximum atomic E-state index is 12.6. The maximum absolute atomic E-state index is 12.6. The zero-order chi connectivity index (χ0) is 12.3. The first-order valence-electron chi connectivity index (χ1n) is 6.13. The number of alkyl halides is 3. The predicted molar refractivity (Wildman–Crippen MR) is 59.2 cm³/mol. The van der Waals surface area contributed by atoms with Crippen molar-refractivity contribution in [3.8, 4) is 0 Å². The van der Waals surface area contributed by atoms with Crippen molar-refractivity contribution < 1.29 is 13.2 Å². The highest BCUT2D eigenvalue weighted by Gasteiger charge is 2.42. The Morgan fingerprint density at radius 1 is 1.12 bits per heavy atom. The van der Waals surface area contributed by atoms with Crippen LogP contribution in [0.1, 0.15) is 46.5 Å². The molecule has 1 nitrogen and oxygen atoms in total. The first-order chi connectivity index (χ1) is 7.30. The molecule has 1 saturated carbocycles. The third-order valence-electron chi connectivity index (χ3n) is 3.64. The molecule has 0 bridgehead atoms. The van der Waals surface area contributed by atoms with Crippen molar-refractivity contribution in [2.45, 2.75) is 64.7 Å².